The molecule has 1 amide bonds. The third kappa shape index (κ3) is 6.10. The first-order valence-corrected chi connectivity index (χ1v) is 12.7. The standard InChI is InChI=1S/C27H26ClFN4OS/c1-3-23(20-7-5-4-6-8-20)26(34)30-16-25-31-32-27(35-17-19-10-13-22(29)14-11-19)33(25)24-15-21(28)12-9-18(24)2/h4-15,23H,3,16-17H2,1-2H3,(H,30,34). The fourth-order valence-electron chi connectivity index (χ4n) is 3.85. The van der Waals surface area contributed by atoms with Gasteiger partial charge in [-0.05, 0) is 54.3 Å². The van der Waals surface area contributed by atoms with Crippen LogP contribution in [-0.4, -0.2) is 20.7 Å². The molecule has 5 nitrogen and oxygen atoms in total. The predicted molar refractivity (Wildman–Crippen MR) is 138 cm³/mol. The van der Waals surface area contributed by atoms with E-state index in [1.807, 2.05) is 66.9 Å². The molecule has 35 heavy (non-hydrogen) atoms. The molecule has 1 aromatic heterocycles. The van der Waals surface area contributed by atoms with Crippen LogP contribution in [0, 0.1) is 12.7 Å². The SMILES string of the molecule is CCC(C(=O)NCc1nnc(SCc2ccc(F)cc2)n1-c1cc(Cl)ccc1C)c1ccccc1. The topological polar surface area (TPSA) is 59.8 Å². The lowest BCUT2D eigenvalue weighted by Gasteiger charge is -2.17. The van der Waals surface area contributed by atoms with E-state index < -0.39 is 0 Å². The first-order valence-electron chi connectivity index (χ1n) is 11.4. The molecule has 3 aromatic carbocycles. The molecule has 180 valence electrons. The van der Waals surface area contributed by atoms with Gasteiger partial charge >= 0.3 is 0 Å². The van der Waals surface area contributed by atoms with Gasteiger partial charge in [-0.2, -0.15) is 0 Å². The second kappa shape index (κ2) is 11.5. The molecule has 0 aliphatic heterocycles. The zero-order valence-corrected chi connectivity index (χ0v) is 21.1. The number of nitrogens with zero attached hydrogens (tertiary/aromatic N) is 3. The van der Waals surface area contributed by atoms with E-state index in [0.29, 0.717) is 28.2 Å². The Morgan fingerprint density at radius 2 is 1.83 bits per heavy atom. The van der Waals surface area contributed by atoms with E-state index in [4.69, 9.17) is 11.6 Å². The molecular weight excluding hydrogens is 483 g/mol. The fourth-order valence-corrected chi connectivity index (χ4v) is 4.94. The maximum Gasteiger partial charge on any atom is 0.227 e. The molecule has 1 unspecified atom stereocenters. The van der Waals surface area contributed by atoms with Gasteiger partial charge < -0.3 is 5.32 Å². The van der Waals surface area contributed by atoms with Crippen molar-refractivity contribution in [3.63, 3.8) is 0 Å². The Bertz CT molecular complexity index is 1290. The lowest BCUT2D eigenvalue weighted by Crippen LogP contribution is -2.29. The minimum atomic E-state index is -0.268. The lowest BCUT2D eigenvalue weighted by atomic mass is 9.96. The summed E-state index contributed by atoms with van der Waals surface area (Å²) in [6.07, 6.45) is 0.689. The lowest BCUT2D eigenvalue weighted by molar-refractivity contribution is -0.122. The Balaban J connectivity index is 1.59. The number of aryl methyl sites for hydroxylation is 1. The van der Waals surface area contributed by atoms with E-state index >= 15 is 0 Å². The van der Waals surface area contributed by atoms with Crippen molar-refractivity contribution < 1.29 is 9.18 Å². The average molecular weight is 509 g/mol. The largest absolute Gasteiger partial charge is 0.348 e. The highest BCUT2D eigenvalue weighted by atomic mass is 35.5. The summed E-state index contributed by atoms with van der Waals surface area (Å²) in [4.78, 5) is 13.0. The second-order valence-corrected chi connectivity index (χ2v) is 9.55. The molecule has 1 N–H and O–H groups in total. The highest BCUT2D eigenvalue weighted by molar-refractivity contribution is 7.98. The molecule has 8 heteroatoms. The van der Waals surface area contributed by atoms with E-state index in [2.05, 4.69) is 15.5 Å². The highest BCUT2D eigenvalue weighted by Gasteiger charge is 2.21. The summed E-state index contributed by atoms with van der Waals surface area (Å²) >= 11 is 7.80. The van der Waals surface area contributed by atoms with E-state index in [1.165, 1.54) is 23.9 Å². The van der Waals surface area contributed by atoms with E-state index in [-0.39, 0.29) is 24.2 Å². The molecule has 0 aliphatic rings. The number of benzene rings is 3. The zero-order chi connectivity index (χ0) is 24.8. The molecule has 0 saturated heterocycles. The van der Waals surface area contributed by atoms with Crippen LogP contribution in [0.4, 0.5) is 4.39 Å². The maximum absolute atomic E-state index is 13.3. The molecule has 0 aliphatic carbocycles. The van der Waals surface area contributed by atoms with Crippen LogP contribution in [0.2, 0.25) is 5.02 Å². The minimum Gasteiger partial charge on any atom is -0.348 e. The summed E-state index contributed by atoms with van der Waals surface area (Å²) in [6, 6.07) is 21.8. The Morgan fingerprint density at radius 3 is 2.54 bits per heavy atom. The number of amides is 1. The van der Waals surface area contributed by atoms with Gasteiger partial charge in [0.2, 0.25) is 5.91 Å². The quantitative estimate of drug-likeness (QED) is 0.263. The van der Waals surface area contributed by atoms with Crippen molar-refractivity contribution in [3.8, 4) is 5.69 Å². The maximum atomic E-state index is 13.3. The molecule has 4 aromatic rings. The van der Waals surface area contributed by atoms with Crippen LogP contribution in [0.3, 0.4) is 0 Å². The Kier molecular flexibility index (Phi) is 8.21. The smallest absolute Gasteiger partial charge is 0.227 e. The summed E-state index contributed by atoms with van der Waals surface area (Å²) in [6.45, 7) is 4.21. The summed E-state index contributed by atoms with van der Waals surface area (Å²) in [5.41, 5.74) is 3.80. The molecular formula is C27H26ClFN4OS. The molecule has 0 fully saturated rings. The minimum absolute atomic E-state index is 0.0587. The van der Waals surface area contributed by atoms with E-state index in [1.54, 1.807) is 12.1 Å². The molecule has 0 saturated carbocycles. The molecule has 1 atom stereocenters. The van der Waals surface area contributed by atoms with Crippen molar-refractivity contribution in [1.29, 1.82) is 0 Å². The van der Waals surface area contributed by atoms with Gasteiger partial charge in [0, 0.05) is 10.8 Å². The zero-order valence-electron chi connectivity index (χ0n) is 19.5. The van der Waals surface area contributed by atoms with Crippen molar-refractivity contribution in [2.75, 3.05) is 0 Å². The predicted octanol–water partition coefficient (Wildman–Crippen LogP) is 6.47. The Morgan fingerprint density at radius 1 is 1.09 bits per heavy atom. The van der Waals surface area contributed by atoms with E-state index in [9.17, 15) is 9.18 Å². The Hall–Kier alpha value is -3.16. The van der Waals surface area contributed by atoms with Crippen LogP contribution in [0.15, 0.2) is 78.0 Å². The average Bonchev–Trinajstić information content (AvgIpc) is 3.27. The van der Waals surface area contributed by atoms with Crippen molar-refractivity contribution in [1.82, 2.24) is 20.1 Å². The summed E-state index contributed by atoms with van der Waals surface area (Å²) in [5, 5.41) is 13.1. The number of thioether (sulfide) groups is 1. The number of hydrogen-bond acceptors (Lipinski definition) is 4. The summed E-state index contributed by atoms with van der Waals surface area (Å²) in [7, 11) is 0. The number of nitrogens with one attached hydrogen (secondary N) is 1. The number of carbonyl (C=O) groups is 1. The van der Waals surface area contributed by atoms with Gasteiger partial charge in [0.25, 0.3) is 0 Å². The third-order valence-electron chi connectivity index (χ3n) is 5.74. The molecule has 0 bridgehead atoms. The third-order valence-corrected chi connectivity index (χ3v) is 6.98. The molecule has 0 spiro atoms. The second-order valence-electron chi connectivity index (χ2n) is 8.17. The molecule has 4 rings (SSSR count). The van der Waals surface area contributed by atoms with Crippen LogP contribution in [0.5, 0.6) is 0 Å². The van der Waals surface area contributed by atoms with Gasteiger partial charge in [-0.25, -0.2) is 4.39 Å². The molecule has 1 heterocycles. The van der Waals surface area contributed by atoms with Crippen LogP contribution in [-0.2, 0) is 17.1 Å². The van der Waals surface area contributed by atoms with Gasteiger partial charge in [0.15, 0.2) is 11.0 Å². The number of aromatic nitrogens is 3. The first kappa shape index (κ1) is 24.9. The van der Waals surface area contributed by atoms with Crippen LogP contribution < -0.4 is 5.32 Å². The number of rotatable bonds is 9. The first-order chi connectivity index (χ1) is 17.0. The van der Waals surface area contributed by atoms with E-state index in [0.717, 1.165) is 22.4 Å². The van der Waals surface area contributed by atoms with Crippen molar-refractivity contribution in [2.45, 2.75) is 43.6 Å². The van der Waals surface area contributed by atoms with Gasteiger partial charge in [0.1, 0.15) is 5.82 Å². The van der Waals surface area contributed by atoms with Gasteiger partial charge in [-0.3, -0.25) is 9.36 Å². The fraction of sp³-hybridized carbons (Fsp3) is 0.222. The normalized spacial score (nSPS) is 11.9. The summed E-state index contributed by atoms with van der Waals surface area (Å²) < 4.78 is 15.2. The molecule has 0 radical (unpaired) electrons. The van der Waals surface area contributed by atoms with Gasteiger partial charge in [-0.1, -0.05) is 78.8 Å². The van der Waals surface area contributed by atoms with Crippen molar-refractivity contribution >= 4 is 29.3 Å². The van der Waals surface area contributed by atoms with Crippen LogP contribution in [0.25, 0.3) is 5.69 Å². The van der Waals surface area contributed by atoms with Gasteiger partial charge in [-0.15, -0.1) is 10.2 Å². The highest BCUT2D eigenvalue weighted by Crippen LogP contribution is 2.29. The van der Waals surface area contributed by atoms with Crippen LogP contribution >= 0.6 is 23.4 Å². The number of halogens is 2. The van der Waals surface area contributed by atoms with Crippen molar-refractivity contribution in [2.24, 2.45) is 0 Å². The van der Waals surface area contributed by atoms with Gasteiger partial charge in [0.05, 0.1) is 18.2 Å². The summed E-state index contributed by atoms with van der Waals surface area (Å²) in [5.74, 6) is 0.629. The number of carbonyl (C=O) groups excluding carboxylic acids is 1. The van der Waals surface area contributed by atoms with Crippen molar-refractivity contribution in [3.05, 3.63) is 106 Å². The van der Waals surface area contributed by atoms with Crippen LogP contribution in [0.1, 0.15) is 41.8 Å². The number of hydrogen-bond donors (Lipinski definition) is 1. The monoisotopic (exact) mass is 508 g/mol. The Labute approximate surface area is 213 Å².